The Labute approximate surface area is 111 Å². The van der Waals surface area contributed by atoms with Gasteiger partial charge in [0.2, 0.25) is 5.91 Å². The summed E-state index contributed by atoms with van der Waals surface area (Å²) in [5.41, 5.74) is 0.439. The van der Waals surface area contributed by atoms with Crippen LogP contribution in [0.1, 0.15) is 30.6 Å². The molecule has 1 amide bonds. The van der Waals surface area contributed by atoms with E-state index in [4.69, 9.17) is 5.11 Å². The number of aliphatic carboxylic acids is 1. The topological polar surface area (TPSA) is 83.5 Å². The van der Waals surface area contributed by atoms with Crippen LogP contribution in [-0.4, -0.2) is 28.8 Å². The minimum atomic E-state index is -1.10. The highest BCUT2D eigenvalue weighted by Gasteiger charge is 2.24. The van der Waals surface area contributed by atoms with Gasteiger partial charge in [-0.15, -0.1) is 0 Å². The molecule has 1 aromatic rings. The van der Waals surface area contributed by atoms with Gasteiger partial charge in [0, 0.05) is 5.56 Å². The third-order valence-electron chi connectivity index (χ3n) is 2.67. The molecule has 0 heterocycles. The maximum Gasteiger partial charge on any atom is 0.326 e. The molecular weight excluding hydrogens is 246 g/mol. The molecule has 1 atom stereocenters. The lowest BCUT2D eigenvalue weighted by molar-refractivity contribution is -0.143. The van der Waals surface area contributed by atoms with E-state index >= 15 is 0 Å². The van der Waals surface area contributed by atoms with Gasteiger partial charge in [-0.3, -0.25) is 9.59 Å². The van der Waals surface area contributed by atoms with Crippen molar-refractivity contribution >= 4 is 17.7 Å². The minimum absolute atomic E-state index is 0.242. The summed E-state index contributed by atoms with van der Waals surface area (Å²) in [7, 11) is 0. The first-order valence-corrected chi connectivity index (χ1v) is 6.02. The van der Waals surface area contributed by atoms with Crippen LogP contribution in [0.4, 0.5) is 0 Å². The van der Waals surface area contributed by atoms with Gasteiger partial charge in [-0.2, -0.15) is 0 Å². The number of hydrogen-bond acceptors (Lipinski definition) is 3. The Kier molecular flexibility index (Phi) is 5.23. The quantitative estimate of drug-likeness (QED) is 0.601. The third-order valence-corrected chi connectivity index (χ3v) is 2.67. The predicted octanol–water partition coefficient (Wildman–Crippen LogP) is 1.48. The number of nitrogens with one attached hydrogen (secondary N) is 1. The van der Waals surface area contributed by atoms with Crippen molar-refractivity contribution in [1.29, 1.82) is 0 Å². The van der Waals surface area contributed by atoms with Gasteiger partial charge in [-0.1, -0.05) is 44.2 Å². The van der Waals surface area contributed by atoms with Crippen molar-refractivity contribution in [3.05, 3.63) is 35.9 Å². The molecule has 102 valence electrons. The number of hydrogen-bond donors (Lipinski definition) is 2. The first kappa shape index (κ1) is 14.9. The summed E-state index contributed by atoms with van der Waals surface area (Å²) >= 11 is 0. The second kappa shape index (κ2) is 6.68. The molecule has 0 spiro atoms. The van der Waals surface area contributed by atoms with Crippen molar-refractivity contribution in [2.45, 2.75) is 26.3 Å². The SMILES string of the molecule is CC(C)C(NC(=O)CC(=O)c1ccccc1)C(=O)O. The van der Waals surface area contributed by atoms with Gasteiger partial charge in [-0.25, -0.2) is 4.79 Å². The molecule has 2 N–H and O–H groups in total. The first-order valence-electron chi connectivity index (χ1n) is 6.02. The maximum atomic E-state index is 11.8. The van der Waals surface area contributed by atoms with E-state index in [-0.39, 0.29) is 18.1 Å². The fraction of sp³-hybridized carbons (Fsp3) is 0.357. The summed E-state index contributed by atoms with van der Waals surface area (Å²) < 4.78 is 0. The van der Waals surface area contributed by atoms with Gasteiger partial charge < -0.3 is 10.4 Å². The van der Waals surface area contributed by atoms with Crippen molar-refractivity contribution in [3.8, 4) is 0 Å². The number of carbonyl (C=O) groups is 3. The number of Topliss-reactive ketones (excluding diaryl/α,β-unsaturated/α-hetero) is 1. The highest BCUT2D eigenvalue weighted by molar-refractivity contribution is 6.07. The van der Waals surface area contributed by atoms with E-state index in [1.165, 1.54) is 0 Å². The molecule has 1 unspecified atom stereocenters. The average molecular weight is 263 g/mol. The molecule has 0 saturated carbocycles. The summed E-state index contributed by atoms with van der Waals surface area (Å²) in [5.74, 6) is -2.25. The van der Waals surface area contributed by atoms with E-state index in [2.05, 4.69) is 5.32 Å². The van der Waals surface area contributed by atoms with Crippen molar-refractivity contribution in [3.63, 3.8) is 0 Å². The highest BCUT2D eigenvalue weighted by atomic mass is 16.4. The minimum Gasteiger partial charge on any atom is -0.480 e. The summed E-state index contributed by atoms with van der Waals surface area (Å²) in [5, 5.41) is 11.3. The zero-order valence-corrected chi connectivity index (χ0v) is 10.9. The third kappa shape index (κ3) is 4.54. The van der Waals surface area contributed by atoms with Gasteiger partial charge >= 0.3 is 5.97 Å². The molecule has 5 heteroatoms. The first-order chi connectivity index (χ1) is 8.91. The monoisotopic (exact) mass is 263 g/mol. The lowest BCUT2D eigenvalue weighted by Crippen LogP contribution is -2.44. The van der Waals surface area contributed by atoms with Crippen LogP contribution in [0.25, 0.3) is 0 Å². The van der Waals surface area contributed by atoms with Crippen LogP contribution in [0, 0.1) is 5.92 Å². The Morgan fingerprint density at radius 1 is 1.16 bits per heavy atom. The van der Waals surface area contributed by atoms with E-state index in [1.54, 1.807) is 44.2 Å². The Morgan fingerprint density at radius 3 is 2.21 bits per heavy atom. The van der Waals surface area contributed by atoms with Crippen molar-refractivity contribution < 1.29 is 19.5 Å². The molecule has 1 rings (SSSR count). The number of amides is 1. The van der Waals surface area contributed by atoms with Crippen molar-refractivity contribution in [1.82, 2.24) is 5.32 Å². The number of benzene rings is 1. The highest BCUT2D eigenvalue weighted by Crippen LogP contribution is 2.05. The molecule has 0 aliphatic heterocycles. The van der Waals surface area contributed by atoms with Crippen LogP contribution in [0.2, 0.25) is 0 Å². The Morgan fingerprint density at radius 2 is 1.74 bits per heavy atom. The number of carboxylic acid groups (broad SMARTS) is 1. The van der Waals surface area contributed by atoms with E-state index in [0.29, 0.717) is 5.56 Å². The van der Waals surface area contributed by atoms with Crippen LogP contribution in [-0.2, 0) is 9.59 Å². The van der Waals surface area contributed by atoms with Crippen LogP contribution in [0.15, 0.2) is 30.3 Å². The molecular formula is C14H17NO4. The normalized spacial score (nSPS) is 11.9. The van der Waals surface area contributed by atoms with Crippen molar-refractivity contribution in [2.24, 2.45) is 5.92 Å². The molecule has 0 fully saturated rings. The summed E-state index contributed by atoms with van der Waals surface area (Å²) in [6.07, 6.45) is -0.347. The molecule has 0 saturated heterocycles. The van der Waals surface area contributed by atoms with E-state index in [0.717, 1.165) is 0 Å². The van der Waals surface area contributed by atoms with Gasteiger partial charge in [0.25, 0.3) is 0 Å². The van der Waals surface area contributed by atoms with Crippen LogP contribution in [0.5, 0.6) is 0 Å². The number of rotatable bonds is 6. The fourth-order valence-electron chi connectivity index (χ4n) is 1.61. The molecule has 0 aliphatic rings. The zero-order valence-electron chi connectivity index (χ0n) is 10.9. The molecule has 19 heavy (non-hydrogen) atoms. The smallest absolute Gasteiger partial charge is 0.326 e. The summed E-state index contributed by atoms with van der Waals surface area (Å²) in [6, 6.07) is 7.45. The predicted molar refractivity (Wildman–Crippen MR) is 69.8 cm³/mol. The molecule has 5 nitrogen and oxygen atoms in total. The standard InChI is InChI=1S/C14H17NO4/c1-9(2)13(14(18)19)15-12(17)8-11(16)10-6-4-3-5-7-10/h3-7,9,13H,8H2,1-2H3,(H,15,17)(H,18,19). The Hall–Kier alpha value is -2.17. The lowest BCUT2D eigenvalue weighted by Gasteiger charge is -2.17. The Bertz CT molecular complexity index is 468. The Balaban J connectivity index is 2.61. The molecule has 1 aromatic carbocycles. The van der Waals surface area contributed by atoms with Gasteiger partial charge in [0.15, 0.2) is 5.78 Å². The van der Waals surface area contributed by atoms with Gasteiger partial charge in [0.1, 0.15) is 6.04 Å². The molecule has 0 radical (unpaired) electrons. The average Bonchev–Trinajstić information content (AvgIpc) is 2.36. The molecule has 0 bridgehead atoms. The largest absolute Gasteiger partial charge is 0.480 e. The number of carbonyl (C=O) groups excluding carboxylic acids is 2. The molecule has 0 aromatic heterocycles. The van der Waals surface area contributed by atoms with E-state index in [9.17, 15) is 14.4 Å². The fourth-order valence-corrected chi connectivity index (χ4v) is 1.61. The molecule has 0 aliphatic carbocycles. The van der Waals surface area contributed by atoms with Crippen molar-refractivity contribution in [2.75, 3.05) is 0 Å². The van der Waals surface area contributed by atoms with Crippen LogP contribution in [0.3, 0.4) is 0 Å². The van der Waals surface area contributed by atoms with Gasteiger partial charge in [0.05, 0.1) is 6.42 Å². The van der Waals surface area contributed by atoms with Gasteiger partial charge in [-0.05, 0) is 5.92 Å². The second-order valence-electron chi connectivity index (χ2n) is 4.59. The number of carboxylic acids is 1. The lowest BCUT2D eigenvalue weighted by atomic mass is 10.0. The van der Waals surface area contributed by atoms with E-state index in [1.807, 2.05) is 0 Å². The summed E-state index contributed by atoms with van der Waals surface area (Å²) in [6.45, 7) is 3.39. The number of ketones is 1. The van der Waals surface area contributed by atoms with Crippen LogP contribution >= 0.6 is 0 Å². The zero-order chi connectivity index (χ0) is 14.4. The second-order valence-corrected chi connectivity index (χ2v) is 4.59. The maximum absolute atomic E-state index is 11.8. The van der Waals surface area contributed by atoms with E-state index < -0.39 is 17.9 Å². The van der Waals surface area contributed by atoms with Crippen LogP contribution < -0.4 is 5.32 Å². The summed E-state index contributed by atoms with van der Waals surface area (Å²) in [4.78, 5) is 34.4.